The van der Waals surface area contributed by atoms with Crippen LogP contribution in [0.3, 0.4) is 0 Å². The zero-order valence-corrected chi connectivity index (χ0v) is 13.7. The second kappa shape index (κ2) is 5.16. The lowest BCUT2D eigenvalue weighted by Crippen LogP contribution is -2.51. The highest BCUT2D eigenvalue weighted by molar-refractivity contribution is 6.88. The van der Waals surface area contributed by atoms with Crippen LogP contribution in [-0.4, -0.2) is 40.5 Å². The number of carbonyl (C=O) groups is 1. The average molecular weight is 311 g/mol. The average Bonchev–Trinajstić information content (AvgIpc) is 3.19. The molecule has 23 heavy (non-hydrogen) atoms. The monoisotopic (exact) mass is 311 g/mol. The van der Waals surface area contributed by atoms with Gasteiger partial charge in [0.15, 0.2) is 0 Å². The molecule has 5 nitrogen and oxygen atoms in total. The first-order valence-corrected chi connectivity index (χ1v) is 8.50. The van der Waals surface area contributed by atoms with E-state index < -0.39 is 5.60 Å². The molecule has 1 amide bonds. The van der Waals surface area contributed by atoms with Gasteiger partial charge in [0.2, 0.25) is 7.28 Å². The third-order valence-electron chi connectivity index (χ3n) is 5.35. The summed E-state index contributed by atoms with van der Waals surface area (Å²) in [5.41, 5.74) is 2.26. The molecule has 2 heterocycles. The van der Waals surface area contributed by atoms with Crippen LogP contribution >= 0.6 is 0 Å². The van der Waals surface area contributed by atoms with Crippen molar-refractivity contribution < 1.29 is 9.90 Å². The van der Waals surface area contributed by atoms with Gasteiger partial charge in [0.25, 0.3) is 5.91 Å². The summed E-state index contributed by atoms with van der Waals surface area (Å²) in [5.74, 6) is 1.63. The van der Waals surface area contributed by atoms with Gasteiger partial charge in [-0.3, -0.25) is 4.79 Å². The second-order valence-electron chi connectivity index (χ2n) is 7.75. The number of aliphatic imine (C=N–C) groups is 1. The predicted molar refractivity (Wildman–Crippen MR) is 91.1 cm³/mol. The van der Waals surface area contributed by atoms with Crippen molar-refractivity contribution in [3.8, 4) is 0 Å². The van der Waals surface area contributed by atoms with E-state index in [1.807, 2.05) is 19.9 Å². The number of aromatic nitrogens is 1. The van der Waals surface area contributed by atoms with Gasteiger partial charge in [0.1, 0.15) is 5.82 Å². The molecule has 0 saturated heterocycles. The highest BCUT2D eigenvalue weighted by Gasteiger charge is 2.39. The Balaban J connectivity index is 1.37. The summed E-state index contributed by atoms with van der Waals surface area (Å²) in [6.07, 6.45) is 5.78. The summed E-state index contributed by atoms with van der Waals surface area (Å²) in [7, 11) is 0.846. The van der Waals surface area contributed by atoms with Crippen molar-refractivity contribution in [2.45, 2.75) is 51.2 Å². The molecule has 0 aromatic carbocycles. The number of fused-ring (bicyclic) bond motifs is 1. The normalized spacial score (nSPS) is 26.0. The molecular formula is C17H22BN3O2. The number of hydrogen-bond donors (Lipinski definition) is 2. The van der Waals surface area contributed by atoms with E-state index in [9.17, 15) is 9.90 Å². The summed E-state index contributed by atoms with van der Waals surface area (Å²) < 4.78 is 0. The molecule has 0 atom stereocenters. The van der Waals surface area contributed by atoms with E-state index in [1.54, 1.807) is 6.20 Å². The van der Waals surface area contributed by atoms with E-state index in [0.717, 1.165) is 31.4 Å². The molecule has 3 aliphatic rings. The first-order chi connectivity index (χ1) is 10.9. The number of aliphatic hydroxyl groups is 1. The topological polar surface area (TPSA) is 74.6 Å². The quantitative estimate of drug-likeness (QED) is 0.811. The van der Waals surface area contributed by atoms with Crippen molar-refractivity contribution in [3.05, 3.63) is 17.8 Å². The standard InChI is InChI=1S/C17H22BN3O2/c1-17(2,23)11-6-12(7-11)20-16(22)10-5-13-15(19-8-10)21-14(18-13)9-3-4-9/h5,8-9,11-12,18,23H,3-4,6-7H2,1-2H3,(H,20,22). The molecule has 0 bridgehead atoms. The Morgan fingerprint density at radius 3 is 2.78 bits per heavy atom. The van der Waals surface area contributed by atoms with Gasteiger partial charge < -0.3 is 10.4 Å². The number of nitrogens with zero attached hydrogens (tertiary/aromatic N) is 2. The molecule has 2 fully saturated rings. The van der Waals surface area contributed by atoms with Crippen LogP contribution in [0.4, 0.5) is 5.82 Å². The molecule has 2 saturated carbocycles. The van der Waals surface area contributed by atoms with Gasteiger partial charge in [0, 0.05) is 12.2 Å². The van der Waals surface area contributed by atoms with Crippen molar-refractivity contribution >= 4 is 30.1 Å². The largest absolute Gasteiger partial charge is 0.390 e. The molecule has 1 aliphatic heterocycles. The molecule has 1 aromatic rings. The van der Waals surface area contributed by atoms with Crippen LogP contribution in [0.2, 0.25) is 0 Å². The van der Waals surface area contributed by atoms with Crippen LogP contribution in [0, 0.1) is 11.8 Å². The Morgan fingerprint density at radius 1 is 1.39 bits per heavy atom. The number of amides is 1. The molecule has 0 radical (unpaired) electrons. The number of rotatable bonds is 4. The Hall–Kier alpha value is -1.69. The molecule has 4 rings (SSSR count). The van der Waals surface area contributed by atoms with Gasteiger partial charge in [-0.05, 0) is 68.5 Å². The molecule has 6 heteroatoms. The summed E-state index contributed by atoms with van der Waals surface area (Å²) in [5, 5.41) is 13.0. The van der Waals surface area contributed by atoms with Crippen LogP contribution in [0.15, 0.2) is 17.3 Å². The Morgan fingerprint density at radius 2 is 2.13 bits per heavy atom. The highest BCUT2D eigenvalue weighted by atomic mass is 16.3. The maximum atomic E-state index is 12.4. The minimum absolute atomic E-state index is 0.0700. The number of carbonyl (C=O) groups excluding carboxylic acids is 1. The summed E-state index contributed by atoms with van der Waals surface area (Å²) in [4.78, 5) is 21.3. The van der Waals surface area contributed by atoms with Gasteiger partial charge in [-0.1, -0.05) is 0 Å². The zero-order valence-electron chi connectivity index (χ0n) is 13.7. The lowest BCUT2D eigenvalue weighted by Gasteiger charge is -2.42. The van der Waals surface area contributed by atoms with Crippen LogP contribution in [0.5, 0.6) is 0 Å². The summed E-state index contributed by atoms with van der Waals surface area (Å²) in [6, 6.07) is 2.09. The molecule has 0 spiro atoms. The predicted octanol–water partition coefficient (Wildman–Crippen LogP) is 0.876. The number of hydrogen-bond acceptors (Lipinski definition) is 4. The Kier molecular flexibility index (Phi) is 3.34. The smallest absolute Gasteiger partial charge is 0.253 e. The first kappa shape index (κ1) is 14.9. The Bertz CT molecular complexity index is 686. The fourth-order valence-electron chi connectivity index (χ4n) is 3.46. The Labute approximate surface area is 136 Å². The molecule has 1 aromatic heterocycles. The molecule has 120 valence electrons. The fourth-order valence-corrected chi connectivity index (χ4v) is 3.46. The van der Waals surface area contributed by atoms with E-state index >= 15 is 0 Å². The maximum Gasteiger partial charge on any atom is 0.253 e. The lowest BCUT2D eigenvalue weighted by atomic mass is 9.66. The van der Waals surface area contributed by atoms with Gasteiger partial charge >= 0.3 is 0 Å². The minimum Gasteiger partial charge on any atom is -0.390 e. The van der Waals surface area contributed by atoms with Crippen LogP contribution in [0.1, 0.15) is 49.9 Å². The van der Waals surface area contributed by atoms with Crippen molar-refractivity contribution in [2.75, 3.05) is 0 Å². The van der Waals surface area contributed by atoms with Crippen molar-refractivity contribution in [1.82, 2.24) is 10.3 Å². The highest BCUT2D eigenvalue weighted by Crippen LogP contribution is 2.36. The molecule has 2 aliphatic carbocycles. The zero-order chi connectivity index (χ0) is 16.2. The van der Waals surface area contributed by atoms with Gasteiger partial charge in [-0.15, -0.1) is 0 Å². The third-order valence-corrected chi connectivity index (χ3v) is 5.35. The first-order valence-electron chi connectivity index (χ1n) is 8.50. The number of nitrogens with one attached hydrogen (secondary N) is 1. The lowest BCUT2D eigenvalue weighted by molar-refractivity contribution is -0.0309. The second-order valence-corrected chi connectivity index (χ2v) is 7.75. The van der Waals surface area contributed by atoms with Crippen LogP contribution in [-0.2, 0) is 0 Å². The molecule has 2 N–H and O–H groups in total. The maximum absolute atomic E-state index is 12.4. The van der Waals surface area contributed by atoms with E-state index in [0.29, 0.717) is 11.5 Å². The van der Waals surface area contributed by atoms with Gasteiger partial charge in [-0.25, -0.2) is 9.98 Å². The van der Waals surface area contributed by atoms with Crippen LogP contribution in [0.25, 0.3) is 0 Å². The van der Waals surface area contributed by atoms with E-state index in [2.05, 4.69) is 15.3 Å². The van der Waals surface area contributed by atoms with E-state index in [1.165, 1.54) is 18.5 Å². The van der Waals surface area contributed by atoms with Crippen LogP contribution < -0.4 is 10.8 Å². The summed E-state index contributed by atoms with van der Waals surface area (Å²) in [6.45, 7) is 3.66. The summed E-state index contributed by atoms with van der Waals surface area (Å²) >= 11 is 0. The van der Waals surface area contributed by atoms with E-state index in [4.69, 9.17) is 0 Å². The van der Waals surface area contributed by atoms with E-state index in [-0.39, 0.29) is 17.9 Å². The molecule has 0 unspecified atom stereocenters. The van der Waals surface area contributed by atoms with Crippen molar-refractivity contribution in [1.29, 1.82) is 0 Å². The van der Waals surface area contributed by atoms with Crippen molar-refractivity contribution in [3.63, 3.8) is 0 Å². The van der Waals surface area contributed by atoms with Gasteiger partial charge in [0.05, 0.1) is 11.2 Å². The number of pyridine rings is 1. The fraction of sp³-hybridized carbons (Fsp3) is 0.588. The van der Waals surface area contributed by atoms with Gasteiger partial charge in [-0.2, -0.15) is 0 Å². The molecular weight excluding hydrogens is 289 g/mol. The SMILES string of the molecule is CC(C)(O)C1CC(NC(=O)c2cnc3c(c2)BC(C2CC2)=N3)C1. The minimum atomic E-state index is -0.660. The third kappa shape index (κ3) is 2.92. The van der Waals surface area contributed by atoms with Crippen molar-refractivity contribution in [2.24, 2.45) is 16.8 Å².